The largest absolute Gasteiger partial charge is 0.376 e. The van der Waals surface area contributed by atoms with Gasteiger partial charge >= 0.3 is 0 Å². The van der Waals surface area contributed by atoms with Crippen LogP contribution in [0.5, 0.6) is 0 Å². The number of hydrogen-bond acceptors (Lipinski definition) is 8. The third-order valence-electron chi connectivity index (χ3n) is 3.85. The van der Waals surface area contributed by atoms with Gasteiger partial charge in [-0.3, -0.25) is 14.3 Å². The number of carbonyl (C=O) groups is 2. The molecular formula is C16H19N5O5S2. The lowest BCUT2D eigenvalue weighted by Gasteiger charge is -2.13. The van der Waals surface area contributed by atoms with Crippen LogP contribution in [0.1, 0.15) is 30.1 Å². The van der Waals surface area contributed by atoms with Crippen LogP contribution in [0, 0.1) is 0 Å². The van der Waals surface area contributed by atoms with E-state index in [0.717, 1.165) is 12.8 Å². The highest BCUT2D eigenvalue weighted by atomic mass is 32.2. The number of sulfonamides is 1. The lowest BCUT2D eigenvalue weighted by Crippen LogP contribution is -2.32. The van der Waals surface area contributed by atoms with Crippen LogP contribution < -0.4 is 15.4 Å². The molecule has 1 fully saturated rings. The van der Waals surface area contributed by atoms with Crippen molar-refractivity contribution in [3.8, 4) is 0 Å². The first-order valence-electron chi connectivity index (χ1n) is 8.48. The van der Waals surface area contributed by atoms with Crippen LogP contribution in [0.4, 0.5) is 10.8 Å². The number of para-hydroxylation sites is 1. The van der Waals surface area contributed by atoms with Crippen molar-refractivity contribution in [3.05, 3.63) is 29.8 Å². The average molecular weight is 425 g/mol. The normalized spacial score (nSPS) is 16.5. The molecule has 2 heterocycles. The monoisotopic (exact) mass is 425 g/mol. The quantitative estimate of drug-likeness (QED) is 0.567. The first-order chi connectivity index (χ1) is 13.3. The number of nitrogens with zero attached hydrogens (tertiary/aromatic N) is 2. The molecule has 0 bridgehead atoms. The fourth-order valence-corrected chi connectivity index (χ4v) is 4.61. The van der Waals surface area contributed by atoms with Gasteiger partial charge in [-0.2, -0.15) is 8.42 Å². The number of ether oxygens (including phenoxy) is 1. The summed E-state index contributed by atoms with van der Waals surface area (Å²) in [4.78, 5) is 23.5. The van der Waals surface area contributed by atoms with E-state index in [-0.39, 0.29) is 32.7 Å². The van der Waals surface area contributed by atoms with Gasteiger partial charge in [-0.25, -0.2) is 0 Å². The van der Waals surface area contributed by atoms with E-state index >= 15 is 0 Å². The first-order valence-corrected chi connectivity index (χ1v) is 10.8. The van der Waals surface area contributed by atoms with E-state index < -0.39 is 15.9 Å². The molecule has 0 radical (unpaired) electrons. The number of nitrogens with one attached hydrogen (secondary N) is 3. The van der Waals surface area contributed by atoms with Gasteiger partial charge in [-0.15, -0.1) is 10.2 Å². The van der Waals surface area contributed by atoms with E-state index in [1.807, 2.05) is 0 Å². The predicted octanol–water partition coefficient (Wildman–Crippen LogP) is 1.21. The molecule has 150 valence electrons. The van der Waals surface area contributed by atoms with E-state index in [4.69, 9.17) is 4.74 Å². The zero-order valence-corrected chi connectivity index (χ0v) is 16.6. The molecule has 0 saturated carbocycles. The van der Waals surface area contributed by atoms with Gasteiger partial charge in [-0.05, 0) is 25.0 Å². The summed E-state index contributed by atoms with van der Waals surface area (Å²) in [6.07, 6.45) is 1.81. The van der Waals surface area contributed by atoms with E-state index in [1.54, 1.807) is 12.1 Å². The highest BCUT2D eigenvalue weighted by molar-refractivity contribution is 7.94. The van der Waals surface area contributed by atoms with Crippen molar-refractivity contribution in [2.45, 2.75) is 30.2 Å². The zero-order valence-electron chi connectivity index (χ0n) is 15.0. The number of aromatic nitrogens is 2. The predicted molar refractivity (Wildman–Crippen MR) is 103 cm³/mol. The Kier molecular flexibility index (Phi) is 6.21. The van der Waals surface area contributed by atoms with Crippen molar-refractivity contribution >= 4 is 44.0 Å². The molecule has 10 nitrogen and oxygen atoms in total. The van der Waals surface area contributed by atoms with Crippen LogP contribution in [0.25, 0.3) is 0 Å². The molecule has 3 N–H and O–H groups in total. The maximum Gasteiger partial charge on any atom is 0.291 e. The SMILES string of the molecule is CC(=O)Nc1nnc(S(=O)(=O)Nc2ccccc2C(=O)NC[C@@H]2CCCO2)s1. The fourth-order valence-electron chi connectivity index (χ4n) is 2.59. The van der Waals surface area contributed by atoms with Crippen molar-refractivity contribution in [1.82, 2.24) is 15.5 Å². The van der Waals surface area contributed by atoms with Gasteiger partial charge in [-0.1, -0.05) is 23.5 Å². The van der Waals surface area contributed by atoms with E-state index in [0.29, 0.717) is 24.5 Å². The molecule has 1 aromatic carbocycles. The summed E-state index contributed by atoms with van der Waals surface area (Å²) in [5, 5.41) is 12.4. The third-order valence-corrected chi connectivity index (χ3v) is 6.42. The van der Waals surface area contributed by atoms with E-state index in [2.05, 4.69) is 25.6 Å². The number of benzene rings is 1. The van der Waals surface area contributed by atoms with Crippen molar-refractivity contribution in [1.29, 1.82) is 0 Å². The van der Waals surface area contributed by atoms with Crippen LogP contribution in [0.2, 0.25) is 0 Å². The van der Waals surface area contributed by atoms with Gasteiger partial charge in [0.1, 0.15) is 0 Å². The summed E-state index contributed by atoms with van der Waals surface area (Å²) in [7, 11) is -4.08. The molecule has 3 rings (SSSR count). The second kappa shape index (κ2) is 8.63. The number of anilines is 2. The van der Waals surface area contributed by atoms with Gasteiger partial charge < -0.3 is 15.4 Å². The van der Waals surface area contributed by atoms with Crippen LogP contribution in [-0.4, -0.2) is 49.7 Å². The molecular weight excluding hydrogens is 406 g/mol. The molecule has 1 saturated heterocycles. The minimum absolute atomic E-state index is 0.0265. The molecule has 2 amide bonds. The number of rotatable bonds is 7. The molecule has 1 atom stereocenters. The minimum Gasteiger partial charge on any atom is -0.376 e. The molecule has 1 aliphatic rings. The number of amides is 2. The number of hydrogen-bond donors (Lipinski definition) is 3. The molecule has 1 aliphatic heterocycles. The Bertz CT molecular complexity index is 969. The van der Waals surface area contributed by atoms with Gasteiger partial charge in [0, 0.05) is 20.1 Å². The summed E-state index contributed by atoms with van der Waals surface area (Å²) in [6, 6.07) is 6.25. The van der Waals surface area contributed by atoms with Gasteiger partial charge in [0.15, 0.2) is 0 Å². The molecule has 0 aliphatic carbocycles. The summed E-state index contributed by atoms with van der Waals surface area (Å²) >= 11 is 0.707. The van der Waals surface area contributed by atoms with Crippen molar-refractivity contribution in [3.63, 3.8) is 0 Å². The van der Waals surface area contributed by atoms with Crippen molar-refractivity contribution in [2.24, 2.45) is 0 Å². The highest BCUT2D eigenvalue weighted by Crippen LogP contribution is 2.24. The zero-order chi connectivity index (χ0) is 20.1. The molecule has 12 heteroatoms. The molecule has 2 aromatic rings. The first kappa shape index (κ1) is 20.2. The second-order valence-electron chi connectivity index (χ2n) is 6.05. The summed E-state index contributed by atoms with van der Waals surface area (Å²) in [6.45, 7) is 2.31. The summed E-state index contributed by atoms with van der Waals surface area (Å²) < 4.78 is 32.6. The van der Waals surface area contributed by atoms with E-state index in [9.17, 15) is 18.0 Å². The van der Waals surface area contributed by atoms with Crippen molar-refractivity contribution < 1.29 is 22.7 Å². The Morgan fingerprint density at radius 2 is 2.07 bits per heavy atom. The van der Waals surface area contributed by atoms with Crippen LogP contribution in [-0.2, 0) is 19.6 Å². The Balaban J connectivity index is 1.73. The maximum atomic E-state index is 12.6. The standard InChI is InChI=1S/C16H19N5O5S2/c1-10(22)18-15-19-20-16(27-15)28(24,25)21-13-7-3-2-6-12(13)14(23)17-9-11-5-4-8-26-11/h2-3,6-7,11,21H,4-5,8-9H2,1H3,(H,17,23)(H,18,19,22)/t11-/m0/s1. The van der Waals surface area contributed by atoms with Crippen LogP contribution >= 0.6 is 11.3 Å². The van der Waals surface area contributed by atoms with Crippen LogP contribution in [0.3, 0.4) is 0 Å². The molecule has 1 aromatic heterocycles. The Labute approximate surface area is 165 Å². The van der Waals surface area contributed by atoms with Gasteiger partial charge in [0.2, 0.25) is 11.0 Å². The highest BCUT2D eigenvalue weighted by Gasteiger charge is 2.24. The average Bonchev–Trinajstić information content (AvgIpc) is 3.31. The Morgan fingerprint density at radius 1 is 1.29 bits per heavy atom. The minimum atomic E-state index is -4.08. The summed E-state index contributed by atoms with van der Waals surface area (Å²) in [5.74, 6) is -0.800. The smallest absolute Gasteiger partial charge is 0.291 e. The molecule has 0 unspecified atom stereocenters. The van der Waals surface area contributed by atoms with Gasteiger partial charge in [0.25, 0.3) is 20.3 Å². The second-order valence-corrected chi connectivity index (χ2v) is 8.88. The topological polar surface area (TPSA) is 139 Å². The lowest BCUT2D eigenvalue weighted by atomic mass is 10.1. The lowest BCUT2D eigenvalue weighted by molar-refractivity contribution is -0.114. The fraction of sp³-hybridized carbons (Fsp3) is 0.375. The Hall–Kier alpha value is -2.57. The molecule has 28 heavy (non-hydrogen) atoms. The maximum absolute atomic E-state index is 12.6. The Morgan fingerprint density at radius 3 is 2.79 bits per heavy atom. The van der Waals surface area contributed by atoms with Crippen LogP contribution in [0.15, 0.2) is 28.6 Å². The summed E-state index contributed by atoms with van der Waals surface area (Å²) in [5.41, 5.74) is 0.291. The number of carbonyl (C=O) groups excluding carboxylic acids is 2. The van der Waals surface area contributed by atoms with Crippen molar-refractivity contribution in [2.75, 3.05) is 23.2 Å². The van der Waals surface area contributed by atoms with Gasteiger partial charge in [0.05, 0.1) is 17.4 Å². The third kappa shape index (κ3) is 5.03. The van der Waals surface area contributed by atoms with E-state index in [1.165, 1.54) is 19.1 Å². The molecule has 0 spiro atoms.